The highest BCUT2D eigenvalue weighted by Crippen LogP contribution is 2.34. The first-order valence-electron chi connectivity index (χ1n) is 9.54. The summed E-state index contributed by atoms with van der Waals surface area (Å²) in [6, 6.07) is 6.42. The average molecular weight is 476 g/mol. The maximum absolute atomic E-state index is 13.6. The number of nitrogens with one attached hydrogen (secondary N) is 1. The molecule has 31 heavy (non-hydrogen) atoms. The number of halogens is 4. The molecule has 0 bridgehead atoms. The molecule has 1 aromatic heterocycles. The summed E-state index contributed by atoms with van der Waals surface area (Å²) in [6.45, 7) is 1.74. The fourth-order valence-electron chi connectivity index (χ4n) is 3.43. The third-order valence-corrected chi connectivity index (χ3v) is 7.54. The molecule has 0 unspecified atom stereocenters. The maximum Gasteiger partial charge on any atom is 0.412 e. The molecule has 0 saturated carbocycles. The number of rotatable bonds is 5. The third kappa shape index (κ3) is 5.36. The number of piperidine rings is 1. The van der Waals surface area contributed by atoms with Crippen molar-refractivity contribution in [1.82, 2.24) is 14.6 Å². The summed E-state index contributed by atoms with van der Waals surface area (Å²) in [5, 5.41) is 1.93. The standard InChI is InChI=1S/C20H21ClF3N3O3S/c1-13-4-6-14(7-5-13)17(20(22,23)24)26-19(28)15-8-11-27(12-9-15)31(29,30)16-3-2-10-25-18(16)21/h2-7,10,15,17H,8-9,11-12H2,1H3,(H,26,28)/t17-/m1/s1. The number of alkyl halides is 3. The van der Waals surface area contributed by atoms with Crippen LogP contribution in [0.15, 0.2) is 47.5 Å². The van der Waals surface area contributed by atoms with Crippen molar-refractivity contribution < 1.29 is 26.4 Å². The summed E-state index contributed by atoms with van der Waals surface area (Å²) in [4.78, 5) is 16.2. The van der Waals surface area contributed by atoms with E-state index in [1.165, 1.54) is 34.8 Å². The molecule has 1 N–H and O–H groups in total. The Labute approximate surface area is 183 Å². The van der Waals surface area contributed by atoms with Crippen molar-refractivity contribution in [3.63, 3.8) is 0 Å². The van der Waals surface area contributed by atoms with Crippen LogP contribution in [0.5, 0.6) is 0 Å². The normalized spacial score (nSPS) is 17.3. The molecular formula is C20H21ClF3N3O3S. The number of aromatic nitrogens is 1. The molecule has 3 rings (SSSR count). The summed E-state index contributed by atoms with van der Waals surface area (Å²) >= 11 is 5.89. The topological polar surface area (TPSA) is 79.4 Å². The Bertz CT molecular complexity index is 1040. The Kier molecular flexibility index (Phi) is 6.92. The van der Waals surface area contributed by atoms with Crippen LogP contribution in [0.25, 0.3) is 0 Å². The van der Waals surface area contributed by atoms with Crippen LogP contribution >= 0.6 is 11.6 Å². The molecule has 1 aliphatic heterocycles. The fraction of sp³-hybridized carbons (Fsp3) is 0.400. The minimum absolute atomic E-state index is 0.00708. The smallest absolute Gasteiger partial charge is 0.341 e. The molecule has 6 nitrogen and oxygen atoms in total. The van der Waals surface area contributed by atoms with E-state index >= 15 is 0 Å². The highest BCUT2D eigenvalue weighted by Gasteiger charge is 2.43. The van der Waals surface area contributed by atoms with Crippen molar-refractivity contribution in [3.05, 3.63) is 58.9 Å². The van der Waals surface area contributed by atoms with Gasteiger partial charge < -0.3 is 5.32 Å². The number of hydrogen-bond donors (Lipinski definition) is 1. The van der Waals surface area contributed by atoms with Gasteiger partial charge in [0.25, 0.3) is 0 Å². The second-order valence-electron chi connectivity index (χ2n) is 7.36. The zero-order chi connectivity index (χ0) is 22.8. The van der Waals surface area contributed by atoms with Gasteiger partial charge in [0.15, 0.2) is 6.04 Å². The lowest BCUT2D eigenvalue weighted by atomic mass is 9.96. The Morgan fingerprint density at radius 2 is 1.81 bits per heavy atom. The van der Waals surface area contributed by atoms with Crippen LogP contribution in [0, 0.1) is 12.8 Å². The number of pyridine rings is 1. The van der Waals surface area contributed by atoms with Gasteiger partial charge in [-0.05, 0) is 37.5 Å². The van der Waals surface area contributed by atoms with Gasteiger partial charge in [0.1, 0.15) is 10.0 Å². The number of aryl methyl sites for hydroxylation is 1. The first-order chi connectivity index (χ1) is 14.5. The van der Waals surface area contributed by atoms with Crippen LogP contribution < -0.4 is 5.32 Å². The van der Waals surface area contributed by atoms with Crippen LogP contribution in [0.2, 0.25) is 5.15 Å². The molecule has 1 saturated heterocycles. The molecule has 2 heterocycles. The lowest BCUT2D eigenvalue weighted by Gasteiger charge is -2.32. The molecule has 0 radical (unpaired) electrons. The first-order valence-corrected chi connectivity index (χ1v) is 11.4. The van der Waals surface area contributed by atoms with Crippen LogP contribution in [0.4, 0.5) is 13.2 Å². The zero-order valence-electron chi connectivity index (χ0n) is 16.6. The quantitative estimate of drug-likeness (QED) is 0.666. The van der Waals surface area contributed by atoms with Crippen LogP contribution in [-0.4, -0.2) is 42.9 Å². The van der Waals surface area contributed by atoms with Gasteiger partial charge in [-0.3, -0.25) is 4.79 Å². The number of sulfonamides is 1. The Balaban J connectivity index is 1.68. The lowest BCUT2D eigenvalue weighted by Crippen LogP contribution is -2.46. The molecule has 1 aliphatic rings. The number of carbonyl (C=O) groups excluding carboxylic acids is 1. The monoisotopic (exact) mass is 475 g/mol. The second kappa shape index (κ2) is 9.13. The fourth-order valence-corrected chi connectivity index (χ4v) is 5.33. The van der Waals surface area contributed by atoms with Crippen LogP contribution in [-0.2, 0) is 14.8 Å². The molecule has 1 atom stereocenters. The predicted octanol–water partition coefficient (Wildman–Crippen LogP) is 3.86. The van der Waals surface area contributed by atoms with Gasteiger partial charge in [0, 0.05) is 25.2 Å². The number of nitrogens with zero attached hydrogens (tertiary/aromatic N) is 2. The Morgan fingerprint density at radius 1 is 1.19 bits per heavy atom. The van der Waals surface area contributed by atoms with E-state index in [9.17, 15) is 26.4 Å². The van der Waals surface area contributed by atoms with Crippen molar-refractivity contribution >= 4 is 27.5 Å². The summed E-state index contributed by atoms with van der Waals surface area (Å²) in [6.07, 6.45) is -3.10. The molecule has 1 fully saturated rings. The number of hydrogen-bond acceptors (Lipinski definition) is 4. The van der Waals surface area contributed by atoms with Crippen LogP contribution in [0.1, 0.15) is 30.0 Å². The average Bonchev–Trinajstić information content (AvgIpc) is 2.72. The third-order valence-electron chi connectivity index (χ3n) is 5.19. The summed E-state index contributed by atoms with van der Waals surface area (Å²) in [5.74, 6) is -1.48. The van der Waals surface area contributed by atoms with E-state index in [0.29, 0.717) is 0 Å². The first kappa shape index (κ1) is 23.5. The molecule has 2 aromatic rings. The zero-order valence-corrected chi connectivity index (χ0v) is 18.1. The minimum Gasteiger partial charge on any atom is -0.341 e. The van der Waals surface area contributed by atoms with E-state index in [0.717, 1.165) is 5.56 Å². The minimum atomic E-state index is -4.66. The van der Waals surface area contributed by atoms with E-state index in [-0.39, 0.29) is 41.5 Å². The number of benzene rings is 1. The van der Waals surface area contributed by atoms with Gasteiger partial charge in [-0.1, -0.05) is 41.4 Å². The molecule has 0 spiro atoms. The van der Waals surface area contributed by atoms with Crippen LogP contribution in [0.3, 0.4) is 0 Å². The van der Waals surface area contributed by atoms with Gasteiger partial charge in [-0.2, -0.15) is 17.5 Å². The van der Waals surface area contributed by atoms with E-state index in [2.05, 4.69) is 10.3 Å². The molecule has 0 aliphatic carbocycles. The molecular weight excluding hydrogens is 455 g/mol. The molecule has 11 heteroatoms. The van der Waals surface area contributed by atoms with E-state index in [1.54, 1.807) is 19.1 Å². The predicted molar refractivity (Wildman–Crippen MR) is 109 cm³/mol. The van der Waals surface area contributed by atoms with Gasteiger partial charge in [0.2, 0.25) is 15.9 Å². The maximum atomic E-state index is 13.6. The Hall–Kier alpha value is -2.17. The number of carbonyl (C=O) groups is 1. The summed E-state index contributed by atoms with van der Waals surface area (Å²) < 4.78 is 67.4. The van der Waals surface area contributed by atoms with E-state index < -0.39 is 34.1 Å². The van der Waals surface area contributed by atoms with Gasteiger partial charge >= 0.3 is 6.18 Å². The largest absolute Gasteiger partial charge is 0.412 e. The van der Waals surface area contributed by atoms with E-state index in [4.69, 9.17) is 11.6 Å². The van der Waals surface area contributed by atoms with Crippen molar-refractivity contribution in [1.29, 1.82) is 0 Å². The van der Waals surface area contributed by atoms with E-state index in [1.807, 2.05) is 0 Å². The molecule has 1 aromatic carbocycles. The number of amides is 1. The summed E-state index contributed by atoms with van der Waals surface area (Å²) in [7, 11) is -3.91. The molecule has 168 valence electrons. The Morgan fingerprint density at radius 3 is 2.35 bits per heavy atom. The highest BCUT2D eigenvalue weighted by molar-refractivity contribution is 7.89. The lowest BCUT2D eigenvalue weighted by molar-refractivity contribution is -0.165. The van der Waals surface area contributed by atoms with Crippen molar-refractivity contribution in [2.45, 2.75) is 36.9 Å². The SMILES string of the molecule is Cc1ccc([C@@H](NC(=O)C2CCN(S(=O)(=O)c3cccnc3Cl)CC2)C(F)(F)F)cc1. The summed E-state index contributed by atoms with van der Waals surface area (Å²) in [5.41, 5.74) is 0.746. The highest BCUT2D eigenvalue weighted by atomic mass is 35.5. The molecule has 1 amide bonds. The van der Waals surface area contributed by atoms with Crippen molar-refractivity contribution in [2.75, 3.05) is 13.1 Å². The van der Waals surface area contributed by atoms with Gasteiger partial charge in [-0.15, -0.1) is 0 Å². The second-order valence-corrected chi connectivity index (χ2v) is 9.63. The van der Waals surface area contributed by atoms with Crippen molar-refractivity contribution in [2.24, 2.45) is 5.92 Å². The van der Waals surface area contributed by atoms with Crippen molar-refractivity contribution in [3.8, 4) is 0 Å². The van der Waals surface area contributed by atoms with Gasteiger partial charge in [-0.25, -0.2) is 13.4 Å². The van der Waals surface area contributed by atoms with Gasteiger partial charge in [0.05, 0.1) is 0 Å².